The Labute approximate surface area is 221 Å². The molecule has 0 amide bonds. The van der Waals surface area contributed by atoms with Crippen LogP contribution in [0.2, 0.25) is 0 Å². The Hall–Kier alpha value is -3.20. The van der Waals surface area contributed by atoms with E-state index in [0.717, 1.165) is 63.3 Å². The van der Waals surface area contributed by atoms with E-state index >= 15 is 0 Å². The van der Waals surface area contributed by atoms with Crippen molar-refractivity contribution < 1.29 is 14.6 Å². The summed E-state index contributed by atoms with van der Waals surface area (Å²) in [5.41, 5.74) is 3.49. The molecular weight excluding hydrogens is 509 g/mol. The van der Waals surface area contributed by atoms with Crippen LogP contribution in [-0.4, -0.2) is 20.0 Å². The number of nitrogens with zero attached hydrogens (tertiary/aromatic N) is 2. The predicted molar refractivity (Wildman–Crippen MR) is 149 cm³/mol. The number of fused-ring (bicyclic) bond motifs is 1. The molecule has 0 aliphatic heterocycles. The first kappa shape index (κ1) is 23.2. The van der Waals surface area contributed by atoms with Gasteiger partial charge in [0.2, 0.25) is 0 Å². The van der Waals surface area contributed by atoms with Gasteiger partial charge in [0, 0.05) is 15.7 Å². The number of rotatable bonds is 7. The fourth-order valence-electron chi connectivity index (χ4n) is 4.75. The molecule has 0 spiro atoms. The molecule has 1 aliphatic rings. The second kappa shape index (κ2) is 10.0. The third-order valence-corrected chi connectivity index (χ3v) is 8.85. The summed E-state index contributed by atoms with van der Waals surface area (Å²) in [4.78, 5) is 2.12. The molecule has 6 rings (SSSR count). The molecule has 5 nitrogen and oxygen atoms in total. The van der Waals surface area contributed by atoms with Crippen LogP contribution >= 0.6 is 34.4 Å². The molecule has 0 atom stereocenters. The van der Waals surface area contributed by atoms with E-state index < -0.39 is 0 Å². The average molecular weight is 533 g/mol. The molecule has 1 N–H and O–H groups in total. The highest BCUT2D eigenvalue weighted by molar-refractivity contribution is 7.14. The minimum atomic E-state index is -0.00216. The maximum absolute atomic E-state index is 9.90. The monoisotopic (exact) mass is 532 g/mol. The highest BCUT2D eigenvalue weighted by Gasteiger charge is 2.31. The van der Waals surface area contributed by atoms with Crippen LogP contribution in [0.25, 0.3) is 31.9 Å². The molecule has 1 fully saturated rings. The van der Waals surface area contributed by atoms with Crippen LogP contribution in [0, 0.1) is 5.92 Å². The number of aliphatic hydroxyl groups is 1. The molecule has 182 valence electrons. The Morgan fingerprint density at radius 3 is 1.97 bits per heavy atom. The summed E-state index contributed by atoms with van der Waals surface area (Å²) >= 11 is 4.51. The van der Waals surface area contributed by atoms with Crippen molar-refractivity contribution in [1.82, 2.24) is 8.75 Å². The third kappa shape index (κ3) is 4.40. The van der Waals surface area contributed by atoms with Gasteiger partial charge < -0.3 is 14.6 Å². The lowest BCUT2D eigenvalue weighted by molar-refractivity contribution is 0.125. The van der Waals surface area contributed by atoms with Crippen molar-refractivity contribution in [2.45, 2.75) is 31.8 Å². The summed E-state index contributed by atoms with van der Waals surface area (Å²) in [6, 6.07) is 18.1. The Bertz CT molecular complexity index is 1470. The molecule has 1 saturated carbocycles. The van der Waals surface area contributed by atoms with Gasteiger partial charge in [-0.05, 0) is 60.7 Å². The maximum atomic E-state index is 9.90. The first-order valence-corrected chi connectivity index (χ1v) is 14.3. The molecule has 1 aliphatic carbocycles. The standard InChI is InChI=1S/C28H24N2O3S3/c1-17(31)18-11-13-20(14-12-18)33-28-24(22-10-6-16-35-22)26-25(29-36-30-26)23(21-9-5-15-34-21)27(28)32-19-7-3-2-4-8-19/h2-10,15-16,18,20,31H,1,11-14H2. The first-order valence-electron chi connectivity index (χ1n) is 11.9. The number of aliphatic hydroxyl groups excluding tert-OH is 1. The maximum Gasteiger partial charge on any atom is 0.180 e. The molecule has 8 heteroatoms. The Kier molecular flexibility index (Phi) is 6.48. The Morgan fingerprint density at radius 1 is 0.806 bits per heavy atom. The lowest BCUT2D eigenvalue weighted by Gasteiger charge is -2.30. The van der Waals surface area contributed by atoms with Crippen molar-refractivity contribution in [2.24, 2.45) is 5.92 Å². The zero-order valence-electron chi connectivity index (χ0n) is 19.4. The smallest absolute Gasteiger partial charge is 0.180 e. The largest absolute Gasteiger partial charge is 0.513 e. The predicted octanol–water partition coefficient (Wildman–Crippen LogP) is 8.95. The van der Waals surface area contributed by atoms with Gasteiger partial charge in [-0.1, -0.05) is 36.9 Å². The van der Waals surface area contributed by atoms with E-state index in [-0.39, 0.29) is 17.8 Å². The number of hydrogen-bond donors (Lipinski definition) is 1. The second-order valence-corrected chi connectivity index (χ2v) is 11.2. The topological polar surface area (TPSA) is 64.5 Å². The number of ether oxygens (including phenoxy) is 2. The van der Waals surface area contributed by atoms with Gasteiger partial charge in [0.15, 0.2) is 11.5 Å². The highest BCUT2D eigenvalue weighted by Crippen LogP contribution is 2.54. The van der Waals surface area contributed by atoms with Crippen molar-refractivity contribution in [3.8, 4) is 38.1 Å². The van der Waals surface area contributed by atoms with E-state index in [1.165, 1.54) is 11.7 Å². The van der Waals surface area contributed by atoms with Crippen LogP contribution < -0.4 is 9.47 Å². The van der Waals surface area contributed by atoms with Crippen molar-refractivity contribution in [2.75, 3.05) is 0 Å². The van der Waals surface area contributed by atoms with Gasteiger partial charge in [0.1, 0.15) is 16.8 Å². The fraction of sp³-hybridized carbons (Fsp3) is 0.214. The fourth-order valence-corrected chi connectivity index (χ4v) is 6.85. The quantitative estimate of drug-likeness (QED) is 0.212. The summed E-state index contributed by atoms with van der Waals surface area (Å²) in [5, 5.41) is 14.0. The van der Waals surface area contributed by atoms with E-state index in [0.29, 0.717) is 11.5 Å². The summed E-state index contributed by atoms with van der Waals surface area (Å²) < 4.78 is 23.0. The number of hydrogen-bond acceptors (Lipinski definition) is 8. The van der Waals surface area contributed by atoms with Gasteiger partial charge in [-0.25, -0.2) is 0 Å². The summed E-state index contributed by atoms with van der Waals surface area (Å²) in [5.74, 6) is 2.52. The summed E-state index contributed by atoms with van der Waals surface area (Å²) in [6.07, 6.45) is 3.36. The van der Waals surface area contributed by atoms with Crippen molar-refractivity contribution >= 4 is 45.4 Å². The Morgan fingerprint density at radius 2 is 1.42 bits per heavy atom. The summed E-state index contributed by atoms with van der Waals surface area (Å²) in [6.45, 7) is 3.75. The number of aromatic nitrogens is 2. The highest BCUT2D eigenvalue weighted by atomic mass is 32.1. The number of allylic oxidation sites excluding steroid dienone is 1. The molecular formula is C28H24N2O3S3. The lowest BCUT2D eigenvalue weighted by Crippen LogP contribution is -2.25. The first-order chi connectivity index (χ1) is 17.7. The van der Waals surface area contributed by atoms with E-state index in [1.807, 2.05) is 42.5 Å². The van der Waals surface area contributed by atoms with Crippen molar-refractivity contribution in [3.05, 3.63) is 77.7 Å². The second-order valence-electron chi connectivity index (χ2n) is 8.82. The third-order valence-electron chi connectivity index (χ3n) is 6.55. The van der Waals surface area contributed by atoms with Gasteiger partial charge in [-0.15, -0.1) is 22.7 Å². The molecule has 3 heterocycles. The Balaban J connectivity index is 1.56. The molecule has 0 bridgehead atoms. The van der Waals surface area contributed by atoms with Crippen LogP contribution in [0.4, 0.5) is 0 Å². The van der Waals surface area contributed by atoms with E-state index in [9.17, 15) is 5.11 Å². The molecule has 3 aromatic heterocycles. The van der Waals surface area contributed by atoms with Gasteiger partial charge in [0.25, 0.3) is 0 Å². The van der Waals surface area contributed by atoms with Crippen LogP contribution in [-0.2, 0) is 0 Å². The lowest BCUT2D eigenvalue weighted by atomic mass is 9.86. The van der Waals surface area contributed by atoms with Gasteiger partial charge >= 0.3 is 0 Å². The van der Waals surface area contributed by atoms with Crippen molar-refractivity contribution in [3.63, 3.8) is 0 Å². The van der Waals surface area contributed by atoms with Crippen molar-refractivity contribution in [1.29, 1.82) is 0 Å². The molecule has 5 aromatic rings. The molecule has 0 unspecified atom stereocenters. The normalized spacial score (nSPS) is 17.8. The molecule has 0 saturated heterocycles. The van der Waals surface area contributed by atoms with Crippen LogP contribution in [0.5, 0.6) is 17.2 Å². The molecule has 36 heavy (non-hydrogen) atoms. The zero-order valence-corrected chi connectivity index (χ0v) is 21.9. The summed E-state index contributed by atoms with van der Waals surface area (Å²) in [7, 11) is 0. The minimum absolute atomic E-state index is 0.00216. The number of benzene rings is 2. The minimum Gasteiger partial charge on any atom is -0.513 e. The number of thiophene rings is 2. The molecule has 2 aromatic carbocycles. The SMILES string of the molecule is C=C(O)C1CCC(Oc2c(Oc3ccccc3)c(-c3cccs3)c3nsnc3c2-c2cccs2)CC1. The van der Waals surface area contributed by atoms with E-state index in [4.69, 9.17) is 18.2 Å². The zero-order chi connectivity index (χ0) is 24.5. The van der Waals surface area contributed by atoms with Crippen LogP contribution in [0.15, 0.2) is 77.7 Å². The number of para-hydroxylation sites is 1. The van der Waals surface area contributed by atoms with Gasteiger partial charge in [-0.2, -0.15) is 8.75 Å². The van der Waals surface area contributed by atoms with Crippen LogP contribution in [0.3, 0.4) is 0 Å². The van der Waals surface area contributed by atoms with Gasteiger partial charge in [0.05, 0.1) is 34.7 Å². The van der Waals surface area contributed by atoms with Crippen LogP contribution in [0.1, 0.15) is 25.7 Å². The van der Waals surface area contributed by atoms with E-state index in [1.54, 1.807) is 22.7 Å². The van der Waals surface area contributed by atoms with Gasteiger partial charge in [-0.3, -0.25) is 0 Å². The van der Waals surface area contributed by atoms with E-state index in [2.05, 4.69) is 29.5 Å². The average Bonchev–Trinajstić information content (AvgIpc) is 3.68. The molecule has 0 radical (unpaired) electrons.